The quantitative estimate of drug-likeness (QED) is 0.240. The fourth-order valence-electron chi connectivity index (χ4n) is 6.25. The molecule has 0 radical (unpaired) electrons. The van der Waals surface area contributed by atoms with Crippen LogP contribution in [0.15, 0.2) is 76.5 Å². The third kappa shape index (κ3) is 7.60. The number of nitrogens with zero attached hydrogens (tertiary/aromatic N) is 2. The van der Waals surface area contributed by atoms with Crippen molar-refractivity contribution in [1.82, 2.24) is 10.2 Å². The molecule has 1 saturated carbocycles. The second-order valence-electron chi connectivity index (χ2n) is 12.1. The number of aryl methyl sites for hydroxylation is 2. The van der Waals surface area contributed by atoms with Crippen molar-refractivity contribution in [2.45, 2.75) is 89.7 Å². The summed E-state index contributed by atoms with van der Waals surface area (Å²) in [6, 6.07) is 23.2. The molecule has 6 heteroatoms. The van der Waals surface area contributed by atoms with Gasteiger partial charge in [0.1, 0.15) is 0 Å². The molecule has 1 aliphatic heterocycles. The lowest BCUT2D eigenvalue weighted by Gasteiger charge is -2.38. The highest BCUT2D eigenvalue weighted by atomic mass is 32.2. The van der Waals surface area contributed by atoms with E-state index in [0.717, 1.165) is 34.7 Å². The van der Waals surface area contributed by atoms with Crippen molar-refractivity contribution < 1.29 is 9.59 Å². The van der Waals surface area contributed by atoms with Crippen LogP contribution in [0.25, 0.3) is 6.08 Å². The minimum absolute atomic E-state index is 0.00440. The first-order chi connectivity index (χ1) is 20.8. The van der Waals surface area contributed by atoms with Gasteiger partial charge in [-0.1, -0.05) is 86.0 Å². The van der Waals surface area contributed by atoms with E-state index in [1.165, 1.54) is 55.0 Å². The van der Waals surface area contributed by atoms with Gasteiger partial charge in [-0.25, -0.2) is 0 Å². The molecule has 1 aliphatic carbocycles. The van der Waals surface area contributed by atoms with Crippen LogP contribution in [0.5, 0.6) is 0 Å². The van der Waals surface area contributed by atoms with Crippen molar-refractivity contribution in [2.75, 3.05) is 18.0 Å². The summed E-state index contributed by atoms with van der Waals surface area (Å²) >= 11 is 1.51. The molecule has 0 spiro atoms. The summed E-state index contributed by atoms with van der Waals surface area (Å²) in [7, 11) is 0. The fraction of sp³-hybridized carbons (Fsp3) is 0.405. The summed E-state index contributed by atoms with van der Waals surface area (Å²) in [6.07, 6.45) is 9.57. The Hall–Kier alpha value is -3.35. The molecule has 2 amide bonds. The number of thioether (sulfide) groups is 1. The SMILES string of the molecule is CC[C@H](C)N(CCNC(=O)c1ccc(/C=C2\Sc3ccccc3N(Cc3cc(C)ccc3C)C2=O)cc1)C1CCCCC1. The zero-order valence-electron chi connectivity index (χ0n) is 26.1. The highest BCUT2D eigenvalue weighted by Crippen LogP contribution is 2.42. The van der Waals surface area contributed by atoms with Gasteiger partial charge in [0.05, 0.1) is 17.1 Å². The first-order valence-corrected chi connectivity index (χ1v) is 16.7. The molecule has 1 heterocycles. The lowest BCUT2D eigenvalue weighted by Crippen LogP contribution is -2.46. The van der Waals surface area contributed by atoms with Crippen LogP contribution in [0.2, 0.25) is 0 Å². The zero-order chi connectivity index (χ0) is 30.3. The number of hydrogen-bond acceptors (Lipinski definition) is 4. The number of anilines is 1. The van der Waals surface area contributed by atoms with E-state index in [1.54, 1.807) is 0 Å². The van der Waals surface area contributed by atoms with Crippen molar-refractivity contribution in [2.24, 2.45) is 0 Å². The van der Waals surface area contributed by atoms with Crippen LogP contribution in [-0.2, 0) is 11.3 Å². The largest absolute Gasteiger partial charge is 0.351 e. The Morgan fingerprint density at radius 1 is 1.05 bits per heavy atom. The number of hydrogen-bond donors (Lipinski definition) is 1. The third-order valence-corrected chi connectivity index (χ3v) is 10.1. The van der Waals surface area contributed by atoms with E-state index in [4.69, 9.17) is 0 Å². The first kappa shape index (κ1) is 31.1. The number of rotatable bonds is 10. The summed E-state index contributed by atoms with van der Waals surface area (Å²) in [4.78, 5) is 33.0. The Bertz CT molecular complexity index is 1460. The number of fused-ring (bicyclic) bond motifs is 1. The van der Waals surface area contributed by atoms with Crippen LogP contribution in [0.3, 0.4) is 0 Å². The van der Waals surface area contributed by atoms with E-state index in [9.17, 15) is 9.59 Å². The Morgan fingerprint density at radius 2 is 1.79 bits per heavy atom. The molecule has 43 heavy (non-hydrogen) atoms. The summed E-state index contributed by atoms with van der Waals surface area (Å²) in [5.74, 6) is -0.0565. The molecule has 2 aliphatic rings. The lowest BCUT2D eigenvalue weighted by molar-refractivity contribution is -0.114. The number of benzene rings is 3. The predicted octanol–water partition coefficient (Wildman–Crippen LogP) is 8.15. The van der Waals surface area contributed by atoms with Crippen LogP contribution < -0.4 is 10.2 Å². The Kier molecular flexibility index (Phi) is 10.4. The van der Waals surface area contributed by atoms with E-state index in [1.807, 2.05) is 53.4 Å². The second kappa shape index (κ2) is 14.4. The highest BCUT2D eigenvalue weighted by molar-refractivity contribution is 8.04. The van der Waals surface area contributed by atoms with E-state index in [0.29, 0.717) is 35.6 Å². The number of nitrogens with one attached hydrogen (secondary N) is 1. The molecule has 0 bridgehead atoms. The molecule has 3 aromatic carbocycles. The van der Waals surface area contributed by atoms with Gasteiger partial charge in [-0.05, 0) is 87.1 Å². The summed E-state index contributed by atoms with van der Waals surface area (Å²) in [5, 5.41) is 3.14. The van der Waals surface area contributed by atoms with Gasteiger partial charge in [-0.15, -0.1) is 0 Å². The monoisotopic (exact) mass is 595 g/mol. The van der Waals surface area contributed by atoms with Gasteiger partial charge in [0.2, 0.25) is 0 Å². The number of carbonyl (C=O) groups excluding carboxylic acids is 2. The third-order valence-electron chi connectivity index (χ3n) is 8.99. The van der Waals surface area contributed by atoms with Gasteiger partial charge in [-0.3, -0.25) is 14.5 Å². The lowest BCUT2D eigenvalue weighted by atomic mass is 9.93. The van der Waals surface area contributed by atoms with E-state index in [-0.39, 0.29) is 11.8 Å². The van der Waals surface area contributed by atoms with Crippen molar-refractivity contribution in [3.05, 3.63) is 99.5 Å². The van der Waals surface area contributed by atoms with Crippen molar-refractivity contribution in [3.63, 3.8) is 0 Å². The van der Waals surface area contributed by atoms with Gasteiger partial charge in [-0.2, -0.15) is 0 Å². The molecule has 0 aromatic heterocycles. The smallest absolute Gasteiger partial charge is 0.265 e. The minimum atomic E-state index is -0.0521. The summed E-state index contributed by atoms with van der Waals surface area (Å²) in [6.45, 7) is 10.8. The Morgan fingerprint density at radius 3 is 2.53 bits per heavy atom. The Labute approximate surface area is 261 Å². The standard InChI is InChI=1S/C37H45N3O2S/c1-5-28(4)39(32-11-7-6-8-12-32)22-21-38-36(41)30-19-17-29(18-20-30)24-35-37(42)40(33-13-9-10-14-34(33)43-35)25-31-23-26(2)15-16-27(31)3/h9-10,13-20,23-24,28,32H,5-8,11-12,21-22,25H2,1-4H3,(H,38,41)/b35-24-/t28-/m0/s1. The van der Waals surface area contributed by atoms with Crippen LogP contribution >= 0.6 is 11.8 Å². The van der Waals surface area contributed by atoms with Crippen molar-refractivity contribution in [1.29, 1.82) is 0 Å². The van der Waals surface area contributed by atoms with Gasteiger partial charge in [0.15, 0.2) is 0 Å². The molecule has 3 aromatic rings. The molecular formula is C37H45N3O2S. The summed E-state index contributed by atoms with van der Waals surface area (Å²) < 4.78 is 0. The normalized spacial score (nSPS) is 17.3. The van der Waals surface area contributed by atoms with E-state index in [2.05, 4.69) is 62.2 Å². The molecule has 0 saturated heterocycles. The molecule has 5 nitrogen and oxygen atoms in total. The molecule has 1 fully saturated rings. The highest BCUT2D eigenvalue weighted by Gasteiger charge is 2.29. The molecule has 5 rings (SSSR count). The average molecular weight is 596 g/mol. The average Bonchev–Trinajstić information content (AvgIpc) is 3.03. The van der Waals surface area contributed by atoms with Crippen molar-refractivity contribution >= 4 is 35.3 Å². The zero-order valence-corrected chi connectivity index (χ0v) is 26.9. The van der Waals surface area contributed by atoms with E-state index >= 15 is 0 Å². The maximum absolute atomic E-state index is 13.8. The topological polar surface area (TPSA) is 52.7 Å². The Balaban J connectivity index is 1.26. The molecule has 226 valence electrons. The van der Waals surface area contributed by atoms with Crippen molar-refractivity contribution in [3.8, 4) is 0 Å². The minimum Gasteiger partial charge on any atom is -0.351 e. The van der Waals surface area contributed by atoms with Crippen LogP contribution in [0.4, 0.5) is 5.69 Å². The summed E-state index contributed by atoms with van der Waals surface area (Å²) in [5.41, 5.74) is 5.99. The fourth-order valence-corrected chi connectivity index (χ4v) is 7.31. The first-order valence-electron chi connectivity index (χ1n) is 15.8. The maximum atomic E-state index is 13.8. The predicted molar refractivity (Wildman–Crippen MR) is 179 cm³/mol. The number of amides is 2. The van der Waals surface area contributed by atoms with Crippen LogP contribution in [0.1, 0.15) is 85.0 Å². The number of para-hydroxylation sites is 1. The second-order valence-corrected chi connectivity index (χ2v) is 13.1. The van der Waals surface area contributed by atoms with Crippen LogP contribution in [-0.4, -0.2) is 41.9 Å². The molecule has 1 N–H and O–H groups in total. The van der Waals surface area contributed by atoms with Gasteiger partial charge in [0.25, 0.3) is 11.8 Å². The maximum Gasteiger partial charge on any atom is 0.265 e. The molecular weight excluding hydrogens is 550 g/mol. The molecule has 0 unspecified atom stereocenters. The van der Waals surface area contributed by atoms with E-state index < -0.39 is 0 Å². The van der Waals surface area contributed by atoms with Crippen LogP contribution in [0, 0.1) is 13.8 Å². The van der Waals surface area contributed by atoms with Gasteiger partial charge in [0, 0.05) is 35.6 Å². The molecule has 1 atom stereocenters. The van der Waals surface area contributed by atoms with Gasteiger partial charge < -0.3 is 10.2 Å². The van der Waals surface area contributed by atoms with Gasteiger partial charge >= 0.3 is 0 Å². The number of carbonyl (C=O) groups is 2.